The van der Waals surface area contributed by atoms with Crippen molar-refractivity contribution in [2.75, 3.05) is 38.8 Å². The maximum Gasteiger partial charge on any atom is 0.131 e. The minimum absolute atomic E-state index is 0.0909. The molecule has 1 saturated carbocycles. The van der Waals surface area contributed by atoms with Crippen molar-refractivity contribution in [3.05, 3.63) is 11.3 Å². The molecular weight excluding hydrogens is 268 g/mol. The van der Waals surface area contributed by atoms with E-state index in [0.29, 0.717) is 12.5 Å². The summed E-state index contributed by atoms with van der Waals surface area (Å²) in [6.45, 7) is 5.38. The Morgan fingerprint density at radius 3 is 2.81 bits per heavy atom. The molecule has 0 unspecified atom stereocenters. The van der Waals surface area contributed by atoms with Gasteiger partial charge in [-0.25, -0.2) is 0 Å². The molecule has 0 saturated heterocycles. The molecule has 1 heterocycles. The van der Waals surface area contributed by atoms with Crippen LogP contribution in [0.5, 0.6) is 0 Å². The van der Waals surface area contributed by atoms with Crippen LogP contribution in [0, 0.1) is 12.8 Å². The van der Waals surface area contributed by atoms with E-state index in [0.717, 1.165) is 38.2 Å². The number of hydrogen-bond acceptors (Lipinski definition) is 5. The van der Waals surface area contributed by atoms with Crippen LogP contribution in [0.4, 0.5) is 5.82 Å². The summed E-state index contributed by atoms with van der Waals surface area (Å²) >= 11 is 0. The third-order valence-corrected chi connectivity index (χ3v) is 4.20. The van der Waals surface area contributed by atoms with Crippen LogP contribution in [0.3, 0.4) is 0 Å². The highest BCUT2D eigenvalue weighted by Crippen LogP contribution is 2.30. The highest BCUT2D eigenvalue weighted by Gasteiger charge is 2.29. The fourth-order valence-electron chi connectivity index (χ4n) is 3.09. The largest absolute Gasteiger partial charge is 0.393 e. The lowest BCUT2D eigenvalue weighted by molar-refractivity contribution is 0.0463. The number of rotatable bonds is 8. The van der Waals surface area contributed by atoms with Gasteiger partial charge in [-0.05, 0) is 25.7 Å². The van der Waals surface area contributed by atoms with E-state index >= 15 is 0 Å². The number of methoxy groups -OCH3 is 1. The molecule has 1 aliphatic carbocycles. The third kappa shape index (κ3) is 3.96. The van der Waals surface area contributed by atoms with Crippen molar-refractivity contribution in [2.45, 2.75) is 32.4 Å². The van der Waals surface area contributed by atoms with Crippen molar-refractivity contribution in [3.63, 3.8) is 0 Å². The van der Waals surface area contributed by atoms with Gasteiger partial charge in [0.25, 0.3) is 0 Å². The van der Waals surface area contributed by atoms with Gasteiger partial charge in [-0.15, -0.1) is 0 Å². The van der Waals surface area contributed by atoms with Gasteiger partial charge in [0.15, 0.2) is 0 Å². The Labute approximate surface area is 127 Å². The van der Waals surface area contributed by atoms with Crippen LogP contribution >= 0.6 is 0 Å². The Morgan fingerprint density at radius 1 is 1.48 bits per heavy atom. The lowest BCUT2D eigenvalue weighted by Gasteiger charge is -2.35. The Hall–Kier alpha value is -1.11. The molecule has 0 spiro atoms. The molecule has 1 aliphatic rings. The highest BCUT2D eigenvalue weighted by molar-refractivity contribution is 5.49. The van der Waals surface area contributed by atoms with Gasteiger partial charge in [0.1, 0.15) is 5.82 Å². The third-order valence-electron chi connectivity index (χ3n) is 4.20. The first-order valence-electron chi connectivity index (χ1n) is 7.64. The molecule has 0 atom stereocenters. The number of aliphatic hydroxyl groups is 1. The van der Waals surface area contributed by atoms with E-state index in [1.807, 2.05) is 11.7 Å². The molecule has 6 nitrogen and oxygen atoms in total. The van der Waals surface area contributed by atoms with Crippen molar-refractivity contribution in [1.29, 1.82) is 0 Å². The van der Waals surface area contributed by atoms with Crippen molar-refractivity contribution < 1.29 is 9.84 Å². The summed E-state index contributed by atoms with van der Waals surface area (Å²) < 4.78 is 7.02. The number of aryl methyl sites for hydroxylation is 2. The summed E-state index contributed by atoms with van der Waals surface area (Å²) in [6, 6.07) is 0. The molecule has 2 rings (SSSR count). The van der Waals surface area contributed by atoms with Crippen molar-refractivity contribution in [3.8, 4) is 0 Å². The van der Waals surface area contributed by atoms with Gasteiger partial charge < -0.3 is 20.1 Å². The number of hydrogen-bond donors (Lipinski definition) is 2. The van der Waals surface area contributed by atoms with Crippen LogP contribution in [-0.4, -0.2) is 54.8 Å². The second-order valence-corrected chi connectivity index (χ2v) is 6.05. The quantitative estimate of drug-likeness (QED) is 0.691. The van der Waals surface area contributed by atoms with Crippen molar-refractivity contribution in [1.82, 2.24) is 15.1 Å². The summed E-state index contributed by atoms with van der Waals surface area (Å²) in [5, 5.41) is 17.4. The first-order valence-corrected chi connectivity index (χ1v) is 7.64. The maximum atomic E-state index is 9.42. The lowest BCUT2D eigenvalue weighted by Crippen LogP contribution is -2.38. The minimum atomic E-state index is -0.0909. The topological polar surface area (TPSA) is 62.5 Å². The number of aliphatic hydroxyl groups excluding tert-OH is 1. The van der Waals surface area contributed by atoms with Crippen LogP contribution in [0.25, 0.3) is 0 Å². The fraction of sp³-hybridized carbons (Fsp3) is 0.800. The molecule has 0 bridgehead atoms. The molecule has 0 radical (unpaired) electrons. The molecule has 120 valence electrons. The molecule has 0 aliphatic heterocycles. The van der Waals surface area contributed by atoms with Gasteiger partial charge in [-0.3, -0.25) is 4.68 Å². The number of nitrogens with zero attached hydrogens (tertiary/aromatic N) is 3. The Balaban J connectivity index is 1.99. The number of ether oxygens (including phenoxy) is 1. The first kappa shape index (κ1) is 16.3. The Kier molecular flexibility index (Phi) is 5.61. The van der Waals surface area contributed by atoms with Crippen LogP contribution in [-0.2, 0) is 18.3 Å². The number of anilines is 1. The fourth-order valence-corrected chi connectivity index (χ4v) is 3.09. The van der Waals surface area contributed by atoms with Crippen LogP contribution in [0.1, 0.15) is 24.1 Å². The molecular formula is C15H28N4O2. The van der Waals surface area contributed by atoms with Crippen LogP contribution in [0.2, 0.25) is 0 Å². The minimum Gasteiger partial charge on any atom is -0.393 e. The maximum absolute atomic E-state index is 9.42. The normalized spacial score (nSPS) is 21.4. The summed E-state index contributed by atoms with van der Waals surface area (Å²) in [4.78, 5) is 2.27. The predicted octanol–water partition coefficient (Wildman–Crippen LogP) is 0.672. The van der Waals surface area contributed by atoms with Crippen molar-refractivity contribution >= 4 is 5.82 Å². The molecule has 0 amide bonds. The van der Waals surface area contributed by atoms with Gasteiger partial charge in [-0.2, -0.15) is 5.10 Å². The first-order chi connectivity index (χ1) is 10.0. The smallest absolute Gasteiger partial charge is 0.131 e. The molecule has 0 aromatic carbocycles. The van der Waals surface area contributed by atoms with Crippen molar-refractivity contribution in [2.24, 2.45) is 13.0 Å². The zero-order chi connectivity index (χ0) is 15.4. The standard InChI is InChI=1S/C15H28N4O2/c1-11-14(9-16-5-6-21-4)15(19(3)17-11)18(2)10-12-7-13(20)8-12/h12-13,16,20H,5-10H2,1-4H3. The van der Waals surface area contributed by atoms with E-state index in [1.54, 1.807) is 7.11 Å². The van der Waals surface area contributed by atoms with Gasteiger partial charge in [-0.1, -0.05) is 0 Å². The zero-order valence-corrected chi connectivity index (χ0v) is 13.6. The molecule has 1 fully saturated rings. The second-order valence-electron chi connectivity index (χ2n) is 6.05. The van der Waals surface area contributed by atoms with E-state index in [4.69, 9.17) is 4.74 Å². The Bertz CT molecular complexity index is 455. The number of nitrogens with one attached hydrogen (secondary N) is 1. The van der Waals surface area contributed by atoms with Gasteiger partial charge >= 0.3 is 0 Å². The van der Waals surface area contributed by atoms with E-state index in [9.17, 15) is 5.11 Å². The zero-order valence-electron chi connectivity index (χ0n) is 13.6. The summed E-state index contributed by atoms with van der Waals surface area (Å²) in [5.41, 5.74) is 2.31. The predicted molar refractivity (Wildman–Crippen MR) is 83.5 cm³/mol. The van der Waals surface area contributed by atoms with E-state index in [2.05, 4.69) is 29.3 Å². The van der Waals surface area contributed by atoms with Crippen LogP contribution in [0.15, 0.2) is 0 Å². The molecule has 21 heavy (non-hydrogen) atoms. The lowest BCUT2D eigenvalue weighted by atomic mass is 9.82. The van der Waals surface area contributed by atoms with Gasteiger partial charge in [0, 0.05) is 46.4 Å². The van der Waals surface area contributed by atoms with Crippen LogP contribution < -0.4 is 10.2 Å². The summed E-state index contributed by atoms with van der Waals surface area (Å²) in [7, 11) is 5.82. The Morgan fingerprint density at radius 2 is 2.19 bits per heavy atom. The van der Waals surface area contributed by atoms with E-state index in [1.165, 1.54) is 11.4 Å². The molecule has 1 aromatic rings. The SMILES string of the molecule is COCCNCc1c(C)nn(C)c1N(C)CC1CC(O)C1. The van der Waals surface area contributed by atoms with E-state index in [-0.39, 0.29) is 6.10 Å². The monoisotopic (exact) mass is 296 g/mol. The average Bonchev–Trinajstić information content (AvgIpc) is 2.67. The summed E-state index contributed by atoms with van der Waals surface area (Å²) in [6.07, 6.45) is 1.75. The molecule has 6 heteroatoms. The second kappa shape index (κ2) is 7.24. The molecule has 2 N–H and O–H groups in total. The number of aromatic nitrogens is 2. The molecule has 1 aromatic heterocycles. The average molecular weight is 296 g/mol. The highest BCUT2D eigenvalue weighted by atomic mass is 16.5. The van der Waals surface area contributed by atoms with Gasteiger partial charge in [0.05, 0.1) is 18.4 Å². The summed E-state index contributed by atoms with van der Waals surface area (Å²) in [5.74, 6) is 1.76. The van der Waals surface area contributed by atoms with Gasteiger partial charge in [0.2, 0.25) is 0 Å². The van der Waals surface area contributed by atoms with E-state index < -0.39 is 0 Å².